The molecule has 1 aromatic rings. The van der Waals surface area contributed by atoms with Crippen molar-refractivity contribution in [2.45, 2.75) is 45.0 Å². The number of aromatic nitrogens is 2. The van der Waals surface area contributed by atoms with Crippen LogP contribution in [0, 0.1) is 0 Å². The zero-order valence-electron chi connectivity index (χ0n) is 10.9. The lowest BCUT2D eigenvalue weighted by molar-refractivity contribution is 0.568. The molecule has 16 heavy (non-hydrogen) atoms. The topological polar surface area (TPSA) is 29.9 Å². The van der Waals surface area contributed by atoms with Crippen molar-refractivity contribution in [1.29, 1.82) is 0 Å². The number of aryl methyl sites for hydroxylation is 1. The fraction of sp³-hybridized carbons (Fsp3) is 0.750. The summed E-state index contributed by atoms with van der Waals surface area (Å²) < 4.78 is 2.50. The van der Waals surface area contributed by atoms with Crippen LogP contribution in [0.15, 0.2) is 12.4 Å². The number of nitrogens with one attached hydrogen (secondary N) is 1. The van der Waals surface area contributed by atoms with Crippen LogP contribution in [0.3, 0.4) is 0 Å². The summed E-state index contributed by atoms with van der Waals surface area (Å²) in [5, 5.41) is 3.35. The van der Waals surface area contributed by atoms with Crippen LogP contribution >= 0.6 is 11.8 Å². The highest BCUT2D eigenvalue weighted by Gasteiger charge is 2.18. The molecule has 1 unspecified atom stereocenters. The largest absolute Gasteiger partial charge is 0.334 e. The van der Waals surface area contributed by atoms with Crippen molar-refractivity contribution in [1.82, 2.24) is 14.9 Å². The first-order valence-corrected chi connectivity index (χ1v) is 6.78. The third-order valence-electron chi connectivity index (χ3n) is 2.43. The highest BCUT2D eigenvalue weighted by Crippen LogP contribution is 2.27. The molecule has 1 atom stereocenters. The van der Waals surface area contributed by atoms with Gasteiger partial charge in [0.25, 0.3) is 0 Å². The summed E-state index contributed by atoms with van der Waals surface area (Å²) in [7, 11) is 2.00. The standard InChI is InChI=1S/C12H23N3S/c1-6-15-8-7-14-11(15)10(13-5)9-16-12(2,3)4/h7-8,10,13H,6,9H2,1-5H3. The molecule has 0 spiro atoms. The van der Waals surface area contributed by atoms with Gasteiger partial charge >= 0.3 is 0 Å². The molecule has 4 heteroatoms. The lowest BCUT2D eigenvalue weighted by Crippen LogP contribution is -2.25. The minimum atomic E-state index is 0.304. The van der Waals surface area contributed by atoms with E-state index < -0.39 is 0 Å². The Labute approximate surface area is 103 Å². The summed E-state index contributed by atoms with van der Waals surface area (Å²) in [6.45, 7) is 9.87. The van der Waals surface area contributed by atoms with E-state index in [4.69, 9.17) is 0 Å². The van der Waals surface area contributed by atoms with E-state index >= 15 is 0 Å². The van der Waals surface area contributed by atoms with Crippen LogP contribution in [0.25, 0.3) is 0 Å². The summed E-state index contributed by atoms with van der Waals surface area (Å²) in [6, 6.07) is 0.333. The lowest BCUT2D eigenvalue weighted by Gasteiger charge is -2.22. The highest BCUT2D eigenvalue weighted by molar-refractivity contribution is 8.00. The third kappa shape index (κ3) is 3.83. The van der Waals surface area contributed by atoms with Gasteiger partial charge in [0.1, 0.15) is 5.82 Å². The van der Waals surface area contributed by atoms with Gasteiger partial charge in [-0.2, -0.15) is 11.8 Å². The third-order valence-corrected chi connectivity index (χ3v) is 3.80. The van der Waals surface area contributed by atoms with Gasteiger partial charge in [-0.05, 0) is 14.0 Å². The van der Waals surface area contributed by atoms with Crippen LogP contribution in [-0.2, 0) is 6.54 Å². The second-order valence-electron chi connectivity index (χ2n) is 4.84. The van der Waals surface area contributed by atoms with Crippen molar-refractivity contribution in [3.8, 4) is 0 Å². The molecule has 1 heterocycles. The first kappa shape index (κ1) is 13.6. The van der Waals surface area contributed by atoms with Gasteiger partial charge in [0, 0.05) is 29.4 Å². The molecule has 0 bridgehead atoms. The number of rotatable bonds is 5. The average molecular weight is 241 g/mol. The molecular formula is C12H23N3S. The Morgan fingerprint density at radius 3 is 2.69 bits per heavy atom. The van der Waals surface area contributed by atoms with E-state index in [1.165, 1.54) is 0 Å². The lowest BCUT2D eigenvalue weighted by atomic mass is 10.3. The Bertz CT molecular complexity index is 314. The van der Waals surface area contributed by atoms with Crippen molar-refractivity contribution < 1.29 is 0 Å². The van der Waals surface area contributed by atoms with E-state index in [1.54, 1.807) is 0 Å². The normalized spacial score (nSPS) is 14.1. The molecule has 1 rings (SSSR count). The second-order valence-corrected chi connectivity index (χ2v) is 6.68. The van der Waals surface area contributed by atoms with E-state index in [1.807, 2.05) is 31.2 Å². The van der Waals surface area contributed by atoms with Crippen LogP contribution < -0.4 is 5.32 Å². The molecule has 92 valence electrons. The van der Waals surface area contributed by atoms with E-state index in [0.29, 0.717) is 10.8 Å². The molecule has 0 aliphatic heterocycles. The minimum absolute atomic E-state index is 0.304. The first-order chi connectivity index (χ1) is 7.48. The zero-order chi connectivity index (χ0) is 12.2. The van der Waals surface area contributed by atoms with Gasteiger partial charge in [0.15, 0.2) is 0 Å². The molecule has 1 aromatic heterocycles. The van der Waals surface area contributed by atoms with Gasteiger partial charge in [-0.1, -0.05) is 20.8 Å². The Hall–Kier alpha value is -0.480. The Morgan fingerprint density at radius 2 is 2.19 bits per heavy atom. The molecule has 0 saturated heterocycles. The zero-order valence-corrected chi connectivity index (χ0v) is 11.8. The van der Waals surface area contributed by atoms with Crippen LogP contribution in [0.4, 0.5) is 0 Å². The Morgan fingerprint density at radius 1 is 1.50 bits per heavy atom. The maximum Gasteiger partial charge on any atom is 0.126 e. The number of nitrogens with zero attached hydrogens (tertiary/aromatic N) is 2. The van der Waals surface area contributed by atoms with E-state index in [2.05, 4.69) is 42.6 Å². The molecule has 1 N–H and O–H groups in total. The van der Waals surface area contributed by atoms with Crippen molar-refractivity contribution in [2.24, 2.45) is 0 Å². The second kappa shape index (κ2) is 5.73. The number of hydrogen-bond donors (Lipinski definition) is 1. The Balaban J connectivity index is 2.67. The Kier molecular flexibility index (Phi) is 4.87. The predicted molar refractivity (Wildman–Crippen MR) is 71.9 cm³/mol. The van der Waals surface area contributed by atoms with Gasteiger partial charge in [0.05, 0.1) is 6.04 Å². The van der Waals surface area contributed by atoms with Crippen molar-refractivity contribution in [3.05, 3.63) is 18.2 Å². The maximum atomic E-state index is 4.45. The maximum absolute atomic E-state index is 4.45. The average Bonchev–Trinajstić information content (AvgIpc) is 2.65. The van der Waals surface area contributed by atoms with Crippen LogP contribution in [0.5, 0.6) is 0 Å². The monoisotopic (exact) mass is 241 g/mol. The molecule has 3 nitrogen and oxygen atoms in total. The van der Waals surface area contributed by atoms with Crippen molar-refractivity contribution in [3.63, 3.8) is 0 Å². The van der Waals surface area contributed by atoms with Gasteiger partial charge < -0.3 is 9.88 Å². The molecule has 0 amide bonds. The highest BCUT2D eigenvalue weighted by atomic mass is 32.2. The fourth-order valence-electron chi connectivity index (χ4n) is 1.52. The summed E-state index contributed by atoms with van der Waals surface area (Å²) in [6.07, 6.45) is 3.92. The summed E-state index contributed by atoms with van der Waals surface area (Å²) in [4.78, 5) is 4.45. The molecular weight excluding hydrogens is 218 g/mol. The molecule has 0 saturated carbocycles. The van der Waals surface area contributed by atoms with Crippen molar-refractivity contribution >= 4 is 11.8 Å². The quantitative estimate of drug-likeness (QED) is 0.859. The summed E-state index contributed by atoms with van der Waals surface area (Å²) in [5.74, 6) is 2.19. The van der Waals surface area contributed by atoms with Gasteiger partial charge in [-0.3, -0.25) is 0 Å². The van der Waals surface area contributed by atoms with Gasteiger partial charge in [-0.15, -0.1) is 0 Å². The molecule has 0 aliphatic carbocycles. The number of thioether (sulfide) groups is 1. The van der Waals surface area contributed by atoms with E-state index in [9.17, 15) is 0 Å². The van der Waals surface area contributed by atoms with E-state index in [-0.39, 0.29) is 0 Å². The van der Waals surface area contributed by atoms with Crippen molar-refractivity contribution in [2.75, 3.05) is 12.8 Å². The summed E-state index contributed by atoms with van der Waals surface area (Å²) in [5.41, 5.74) is 0. The minimum Gasteiger partial charge on any atom is -0.334 e. The SMILES string of the molecule is CCn1ccnc1C(CSC(C)(C)C)NC. The fourth-order valence-corrected chi connectivity index (χ4v) is 2.50. The molecule has 0 radical (unpaired) electrons. The summed E-state index contributed by atoms with van der Waals surface area (Å²) >= 11 is 1.97. The predicted octanol–water partition coefficient (Wildman–Crippen LogP) is 2.70. The van der Waals surface area contributed by atoms with Gasteiger partial charge in [0.2, 0.25) is 0 Å². The molecule has 0 aliphatic rings. The van der Waals surface area contributed by atoms with Crippen LogP contribution in [0.2, 0.25) is 0 Å². The number of imidazole rings is 1. The van der Waals surface area contributed by atoms with Crippen LogP contribution in [-0.4, -0.2) is 27.1 Å². The molecule has 0 fully saturated rings. The van der Waals surface area contributed by atoms with Crippen LogP contribution in [0.1, 0.15) is 39.6 Å². The smallest absolute Gasteiger partial charge is 0.126 e. The molecule has 0 aromatic carbocycles. The van der Waals surface area contributed by atoms with E-state index in [0.717, 1.165) is 18.1 Å². The van der Waals surface area contributed by atoms with Gasteiger partial charge in [-0.25, -0.2) is 4.98 Å². The first-order valence-electron chi connectivity index (χ1n) is 5.80. The number of hydrogen-bond acceptors (Lipinski definition) is 3.